The van der Waals surface area contributed by atoms with Gasteiger partial charge in [-0.3, -0.25) is 4.79 Å². The molecule has 0 bridgehead atoms. The van der Waals surface area contributed by atoms with E-state index >= 15 is 0 Å². The van der Waals surface area contributed by atoms with Crippen LogP contribution in [0.2, 0.25) is 0 Å². The van der Waals surface area contributed by atoms with Crippen LogP contribution in [0, 0.1) is 17.6 Å². The Morgan fingerprint density at radius 3 is 2.64 bits per heavy atom. The van der Waals surface area contributed by atoms with Crippen LogP contribution in [0.25, 0.3) is 0 Å². The quantitative estimate of drug-likeness (QED) is 0.914. The van der Waals surface area contributed by atoms with E-state index < -0.39 is 35.1 Å². The summed E-state index contributed by atoms with van der Waals surface area (Å²) in [5, 5.41) is 9.39. The normalized spacial score (nSPS) is 27.5. The number of likely N-dealkylation sites (tertiary alicyclic amines) is 1. The maximum Gasteiger partial charge on any atom is 0.326 e. The predicted molar refractivity (Wildman–Crippen MR) is 74.3 cm³/mol. The summed E-state index contributed by atoms with van der Waals surface area (Å²) in [6.45, 7) is 0. The largest absolute Gasteiger partial charge is 0.480 e. The highest BCUT2D eigenvalue weighted by Gasteiger charge is 2.48. The first-order chi connectivity index (χ1) is 10.5. The first kappa shape index (κ1) is 14.9. The number of rotatable bonds is 2. The minimum atomic E-state index is -1.21. The van der Waals surface area contributed by atoms with Gasteiger partial charge in [0.15, 0.2) is 11.6 Å². The van der Waals surface area contributed by atoms with Crippen LogP contribution in [-0.2, 0) is 4.79 Å². The summed E-state index contributed by atoms with van der Waals surface area (Å²) in [5.41, 5.74) is -0.391. The molecular formula is C16H17F2NO3. The molecule has 3 atom stereocenters. The molecule has 1 aliphatic carbocycles. The Morgan fingerprint density at radius 1 is 1.18 bits per heavy atom. The van der Waals surface area contributed by atoms with Crippen LogP contribution in [0.5, 0.6) is 0 Å². The molecule has 2 fully saturated rings. The van der Waals surface area contributed by atoms with Gasteiger partial charge in [0, 0.05) is 6.04 Å². The van der Waals surface area contributed by atoms with Gasteiger partial charge >= 0.3 is 5.97 Å². The molecule has 4 nitrogen and oxygen atoms in total. The van der Waals surface area contributed by atoms with E-state index in [4.69, 9.17) is 0 Å². The Morgan fingerprint density at radius 2 is 1.91 bits per heavy atom. The van der Waals surface area contributed by atoms with Gasteiger partial charge in [-0.25, -0.2) is 13.6 Å². The molecule has 0 unspecified atom stereocenters. The van der Waals surface area contributed by atoms with Crippen LogP contribution in [-0.4, -0.2) is 34.0 Å². The number of nitrogens with zero attached hydrogens (tertiary/aromatic N) is 1. The lowest BCUT2D eigenvalue weighted by atomic mass is 9.84. The van der Waals surface area contributed by atoms with E-state index in [-0.39, 0.29) is 12.0 Å². The summed E-state index contributed by atoms with van der Waals surface area (Å²) in [4.78, 5) is 25.4. The summed E-state index contributed by atoms with van der Waals surface area (Å²) in [6.07, 6.45) is 3.93. The zero-order valence-electron chi connectivity index (χ0n) is 12.0. The number of carboxylic acids is 1. The Labute approximate surface area is 126 Å². The van der Waals surface area contributed by atoms with E-state index in [1.54, 1.807) is 0 Å². The second kappa shape index (κ2) is 5.66. The summed E-state index contributed by atoms with van der Waals surface area (Å²) >= 11 is 0. The average Bonchev–Trinajstić information content (AvgIpc) is 2.89. The monoisotopic (exact) mass is 309 g/mol. The highest BCUT2D eigenvalue weighted by atomic mass is 19.2. The molecule has 0 aromatic heterocycles. The van der Waals surface area contributed by atoms with Crippen LogP contribution in [0.15, 0.2) is 18.2 Å². The van der Waals surface area contributed by atoms with Crippen molar-refractivity contribution in [2.24, 2.45) is 5.92 Å². The van der Waals surface area contributed by atoms with E-state index in [1.807, 2.05) is 0 Å². The Kier molecular flexibility index (Phi) is 3.85. The van der Waals surface area contributed by atoms with E-state index in [0.29, 0.717) is 6.42 Å². The maximum absolute atomic E-state index is 13.9. The van der Waals surface area contributed by atoms with Crippen LogP contribution < -0.4 is 0 Å². The van der Waals surface area contributed by atoms with Crippen molar-refractivity contribution in [2.45, 2.75) is 44.2 Å². The molecule has 3 rings (SSSR count). The van der Waals surface area contributed by atoms with Gasteiger partial charge < -0.3 is 10.0 Å². The SMILES string of the molecule is O=C(O)[C@@H]1C[C@H]2CCCC[C@@H]2N1C(=O)c1cccc(F)c1F. The molecule has 6 heteroatoms. The number of carbonyl (C=O) groups is 2. The lowest BCUT2D eigenvalue weighted by Gasteiger charge is -2.33. The van der Waals surface area contributed by atoms with E-state index in [1.165, 1.54) is 17.0 Å². The molecule has 2 aliphatic rings. The van der Waals surface area contributed by atoms with E-state index in [2.05, 4.69) is 0 Å². The number of halogens is 2. The Bertz CT molecular complexity index is 619. The standard InChI is InChI=1S/C16H17F2NO3/c17-11-6-3-5-10(14(11)18)15(20)19-12-7-2-1-4-9(12)8-13(19)16(21)22/h3,5-6,9,12-13H,1-2,4,7-8H2,(H,21,22)/t9-,12+,13+/m1/s1. The molecule has 1 saturated heterocycles. The number of benzene rings is 1. The number of aliphatic carboxylic acids is 1. The zero-order valence-corrected chi connectivity index (χ0v) is 12.0. The summed E-state index contributed by atoms with van der Waals surface area (Å²) in [6, 6.07) is 2.26. The molecule has 1 saturated carbocycles. The second-order valence-electron chi connectivity index (χ2n) is 6.02. The predicted octanol–water partition coefficient (Wildman–Crippen LogP) is 2.82. The second-order valence-corrected chi connectivity index (χ2v) is 6.02. The molecule has 118 valence electrons. The lowest BCUT2D eigenvalue weighted by Crippen LogP contribution is -2.46. The molecular weight excluding hydrogens is 292 g/mol. The number of hydrogen-bond donors (Lipinski definition) is 1. The van der Waals surface area contributed by atoms with Crippen molar-refractivity contribution in [3.05, 3.63) is 35.4 Å². The smallest absolute Gasteiger partial charge is 0.326 e. The fraction of sp³-hybridized carbons (Fsp3) is 0.500. The van der Waals surface area contributed by atoms with Gasteiger partial charge in [0.25, 0.3) is 5.91 Å². The van der Waals surface area contributed by atoms with Crippen LogP contribution in [0.1, 0.15) is 42.5 Å². The average molecular weight is 309 g/mol. The zero-order chi connectivity index (χ0) is 15.9. The highest BCUT2D eigenvalue weighted by molar-refractivity contribution is 5.97. The van der Waals surface area contributed by atoms with Crippen molar-refractivity contribution in [3.8, 4) is 0 Å². The minimum absolute atomic E-state index is 0.135. The van der Waals surface area contributed by atoms with Gasteiger partial charge in [0.2, 0.25) is 0 Å². The molecule has 1 aliphatic heterocycles. The number of hydrogen-bond acceptors (Lipinski definition) is 2. The fourth-order valence-electron chi connectivity index (χ4n) is 3.78. The Balaban J connectivity index is 1.97. The first-order valence-corrected chi connectivity index (χ1v) is 7.50. The third kappa shape index (κ3) is 2.36. The third-order valence-electron chi connectivity index (χ3n) is 4.79. The Hall–Kier alpha value is -1.98. The fourth-order valence-corrected chi connectivity index (χ4v) is 3.78. The number of carboxylic acid groups (broad SMARTS) is 1. The third-order valence-corrected chi connectivity index (χ3v) is 4.79. The van der Waals surface area contributed by atoms with Crippen molar-refractivity contribution in [1.29, 1.82) is 0 Å². The molecule has 1 aromatic rings. The minimum Gasteiger partial charge on any atom is -0.480 e. The summed E-state index contributed by atoms with van der Waals surface area (Å²) in [5.74, 6) is -3.98. The number of fused-ring (bicyclic) bond motifs is 1. The van der Waals surface area contributed by atoms with Crippen molar-refractivity contribution in [3.63, 3.8) is 0 Å². The van der Waals surface area contributed by atoms with E-state index in [0.717, 1.165) is 31.7 Å². The van der Waals surface area contributed by atoms with Gasteiger partial charge in [-0.1, -0.05) is 18.9 Å². The summed E-state index contributed by atoms with van der Waals surface area (Å²) in [7, 11) is 0. The van der Waals surface area contributed by atoms with Crippen molar-refractivity contribution >= 4 is 11.9 Å². The van der Waals surface area contributed by atoms with Crippen LogP contribution >= 0.6 is 0 Å². The lowest BCUT2D eigenvalue weighted by molar-refractivity contribution is -0.141. The highest BCUT2D eigenvalue weighted by Crippen LogP contribution is 2.40. The van der Waals surface area contributed by atoms with Gasteiger partial charge in [0.1, 0.15) is 6.04 Å². The number of amides is 1. The molecule has 1 aromatic carbocycles. The number of carbonyl (C=O) groups excluding carboxylic acids is 1. The van der Waals surface area contributed by atoms with E-state index in [9.17, 15) is 23.5 Å². The van der Waals surface area contributed by atoms with Crippen molar-refractivity contribution in [2.75, 3.05) is 0 Å². The molecule has 1 N–H and O–H groups in total. The molecule has 1 amide bonds. The molecule has 1 heterocycles. The van der Waals surface area contributed by atoms with Crippen LogP contribution in [0.3, 0.4) is 0 Å². The molecule has 22 heavy (non-hydrogen) atoms. The van der Waals surface area contributed by atoms with Crippen molar-refractivity contribution < 1.29 is 23.5 Å². The molecule has 0 spiro atoms. The van der Waals surface area contributed by atoms with Gasteiger partial charge in [0.05, 0.1) is 5.56 Å². The first-order valence-electron chi connectivity index (χ1n) is 7.50. The van der Waals surface area contributed by atoms with Crippen LogP contribution in [0.4, 0.5) is 8.78 Å². The topological polar surface area (TPSA) is 57.6 Å². The maximum atomic E-state index is 13.9. The van der Waals surface area contributed by atoms with Gasteiger partial charge in [-0.15, -0.1) is 0 Å². The molecule has 0 radical (unpaired) electrons. The summed E-state index contributed by atoms with van der Waals surface area (Å²) < 4.78 is 27.2. The van der Waals surface area contributed by atoms with Gasteiger partial charge in [-0.2, -0.15) is 0 Å². The van der Waals surface area contributed by atoms with Gasteiger partial charge in [-0.05, 0) is 37.3 Å². The van der Waals surface area contributed by atoms with Crippen molar-refractivity contribution in [1.82, 2.24) is 4.90 Å².